The predicted octanol–water partition coefficient (Wildman–Crippen LogP) is 3.35. The van der Waals surface area contributed by atoms with Gasteiger partial charge in [0, 0.05) is 13.0 Å². The van der Waals surface area contributed by atoms with Crippen molar-refractivity contribution in [3.63, 3.8) is 0 Å². The first-order valence-electron chi connectivity index (χ1n) is 8.30. The molecule has 0 aliphatic carbocycles. The maximum Gasteiger partial charge on any atom is 0.305 e. The van der Waals surface area contributed by atoms with Crippen molar-refractivity contribution in [3.05, 3.63) is 28.7 Å². The Morgan fingerprint density at radius 2 is 2.12 bits per heavy atom. The summed E-state index contributed by atoms with van der Waals surface area (Å²) in [7, 11) is 1.38. The van der Waals surface area contributed by atoms with Gasteiger partial charge in [-0.3, -0.25) is 14.5 Å². The van der Waals surface area contributed by atoms with Gasteiger partial charge in [0.1, 0.15) is 4.32 Å². The number of hydrogen-bond acceptors (Lipinski definition) is 7. The molecule has 8 heteroatoms. The van der Waals surface area contributed by atoms with Crippen LogP contribution >= 0.6 is 24.0 Å². The van der Waals surface area contributed by atoms with E-state index >= 15 is 0 Å². The Morgan fingerprint density at radius 1 is 1.31 bits per heavy atom. The van der Waals surface area contributed by atoms with E-state index in [2.05, 4.69) is 4.74 Å². The molecule has 26 heavy (non-hydrogen) atoms. The van der Waals surface area contributed by atoms with Gasteiger partial charge in [-0.15, -0.1) is 0 Å². The number of methoxy groups -OCH3 is 1. The number of nitrogens with zero attached hydrogens (tertiary/aromatic N) is 1. The van der Waals surface area contributed by atoms with Crippen molar-refractivity contribution in [2.24, 2.45) is 0 Å². The van der Waals surface area contributed by atoms with E-state index in [1.54, 1.807) is 4.90 Å². The van der Waals surface area contributed by atoms with Gasteiger partial charge in [0.15, 0.2) is 11.5 Å². The third-order valence-corrected chi connectivity index (χ3v) is 5.44. The number of thiocarbonyl (C=S) groups is 1. The van der Waals surface area contributed by atoms with Gasteiger partial charge in [0.2, 0.25) is 6.79 Å². The number of amides is 1. The third-order valence-electron chi connectivity index (χ3n) is 4.06. The average Bonchev–Trinajstić information content (AvgIpc) is 3.20. The minimum absolute atomic E-state index is 0.0781. The minimum Gasteiger partial charge on any atom is -0.469 e. The van der Waals surface area contributed by atoms with Crippen molar-refractivity contribution in [3.8, 4) is 11.5 Å². The SMILES string of the molecule is COC(=O)CCCCCN1C(=O)/C(=C\c2ccc3c(c2)OCO3)SC1=S. The minimum atomic E-state index is -0.206. The van der Waals surface area contributed by atoms with E-state index in [0.717, 1.165) is 24.8 Å². The number of fused-ring (bicyclic) bond motifs is 1. The Labute approximate surface area is 161 Å². The van der Waals surface area contributed by atoms with Crippen molar-refractivity contribution in [1.29, 1.82) is 0 Å². The van der Waals surface area contributed by atoms with Crippen LogP contribution in [0, 0.1) is 0 Å². The number of rotatable bonds is 7. The van der Waals surface area contributed by atoms with Crippen molar-refractivity contribution >= 4 is 46.3 Å². The van der Waals surface area contributed by atoms with Crippen LogP contribution in [0.3, 0.4) is 0 Å². The van der Waals surface area contributed by atoms with E-state index in [9.17, 15) is 9.59 Å². The first kappa shape index (κ1) is 18.7. The van der Waals surface area contributed by atoms with Crippen molar-refractivity contribution in [1.82, 2.24) is 4.90 Å². The first-order chi connectivity index (χ1) is 12.6. The summed E-state index contributed by atoms with van der Waals surface area (Å²) in [5, 5.41) is 0. The molecule has 0 N–H and O–H groups in total. The molecule has 1 amide bonds. The Morgan fingerprint density at radius 3 is 2.92 bits per heavy atom. The summed E-state index contributed by atoms with van der Waals surface area (Å²) in [6, 6.07) is 5.56. The fourth-order valence-electron chi connectivity index (χ4n) is 2.67. The zero-order chi connectivity index (χ0) is 18.5. The van der Waals surface area contributed by atoms with E-state index in [1.807, 2.05) is 24.3 Å². The first-order valence-corrected chi connectivity index (χ1v) is 9.53. The van der Waals surface area contributed by atoms with Crippen molar-refractivity contribution in [2.75, 3.05) is 20.4 Å². The van der Waals surface area contributed by atoms with E-state index < -0.39 is 0 Å². The highest BCUT2D eigenvalue weighted by Crippen LogP contribution is 2.36. The summed E-state index contributed by atoms with van der Waals surface area (Å²) in [6.07, 6.45) is 4.60. The third kappa shape index (κ3) is 4.37. The zero-order valence-electron chi connectivity index (χ0n) is 14.4. The molecule has 138 valence electrons. The number of unbranched alkanes of at least 4 members (excludes halogenated alkanes) is 2. The predicted molar refractivity (Wildman–Crippen MR) is 103 cm³/mol. The smallest absolute Gasteiger partial charge is 0.305 e. The lowest BCUT2D eigenvalue weighted by atomic mass is 10.1. The highest BCUT2D eigenvalue weighted by Gasteiger charge is 2.31. The second kappa shape index (κ2) is 8.55. The molecule has 2 aliphatic heterocycles. The van der Waals surface area contributed by atoms with Gasteiger partial charge in [-0.25, -0.2) is 0 Å². The molecule has 6 nitrogen and oxygen atoms in total. The number of esters is 1. The number of thioether (sulfide) groups is 1. The Balaban J connectivity index is 1.55. The van der Waals surface area contributed by atoms with Gasteiger partial charge < -0.3 is 14.2 Å². The summed E-state index contributed by atoms with van der Waals surface area (Å²) in [5.74, 6) is 1.11. The van der Waals surface area contributed by atoms with Crippen LogP contribution in [0.15, 0.2) is 23.1 Å². The van der Waals surface area contributed by atoms with Crippen LogP contribution in [0.4, 0.5) is 0 Å². The molecule has 2 aliphatic rings. The van der Waals surface area contributed by atoms with Gasteiger partial charge in [0.25, 0.3) is 5.91 Å². The Hall–Kier alpha value is -2.06. The fourth-order valence-corrected chi connectivity index (χ4v) is 3.97. The summed E-state index contributed by atoms with van der Waals surface area (Å²) in [4.78, 5) is 25.9. The molecule has 0 atom stereocenters. The van der Waals surface area contributed by atoms with Gasteiger partial charge in [0.05, 0.1) is 12.0 Å². The average molecular weight is 393 g/mol. The summed E-state index contributed by atoms with van der Waals surface area (Å²) in [5.41, 5.74) is 0.868. The molecular weight excluding hydrogens is 374 g/mol. The molecule has 0 aromatic heterocycles. The fraction of sp³-hybridized carbons (Fsp3) is 0.389. The molecule has 1 aromatic carbocycles. The lowest BCUT2D eigenvalue weighted by Crippen LogP contribution is -2.29. The normalized spacial score (nSPS) is 17.3. The highest BCUT2D eigenvalue weighted by molar-refractivity contribution is 8.26. The number of hydrogen-bond donors (Lipinski definition) is 0. The van der Waals surface area contributed by atoms with Gasteiger partial charge >= 0.3 is 5.97 Å². The van der Waals surface area contributed by atoms with Crippen molar-refractivity contribution < 1.29 is 23.8 Å². The van der Waals surface area contributed by atoms with Gasteiger partial charge in [-0.1, -0.05) is 36.5 Å². The van der Waals surface area contributed by atoms with Crippen LogP contribution in [0.2, 0.25) is 0 Å². The van der Waals surface area contributed by atoms with E-state index in [0.29, 0.717) is 33.7 Å². The second-order valence-corrected chi connectivity index (χ2v) is 7.51. The molecule has 1 fully saturated rings. The quantitative estimate of drug-likeness (QED) is 0.305. The van der Waals surface area contributed by atoms with Gasteiger partial charge in [-0.05, 0) is 36.6 Å². The summed E-state index contributed by atoms with van der Waals surface area (Å²) < 4.78 is 15.8. The number of carbonyl (C=O) groups is 2. The molecule has 0 unspecified atom stereocenters. The topological polar surface area (TPSA) is 65.1 Å². The molecule has 0 spiro atoms. The lowest BCUT2D eigenvalue weighted by Gasteiger charge is -2.13. The molecule has 2 heterocycles. The van der Waals surface area contributed by atoms with Crippen LogP contribution in [0.1, 0.15) is 31.2 Å². The number of benzene rings is 1. The van der Waals surface area contributed by atoms with Crippen LogP contribution in [-0.2, 0) is 14.3 Å². The molecule has 3 rings (SSSR count). The maximum atomic E-state index is 12.6. The molecule has 0 radical (unpaired) electrons. The van der Waals surface area contributed by atoms with E-state index in [4.69, 9.17) is 21.7 Å². The molecule has 0 bridgehead atoms. The molecular formula is C18H19NO5S2. The maximum absolute atomic E-state index is 12.6. The zero-order valence-corrected chi connectivity index (χ0v) is 16.0. The van der Waals surface area contributed by atoms with Crippen molar-refractivity contribution in [2.45, 2.75) is 25.7 Å². The summed E-state index contributed by atoms with van der Waals surface area (Å²) >= 11 is 6.64. The standard InChI is InChI=1S/C18H19NO5S2/c1-22-16(20)5-3-2-4-8-19-17(21)15(26-18(19)25)10-12-6-7-13-14(9-12)24-11-23-13/h6-7,9-10H,2-5,8,11H2,1H3/b15-10+. The second-order valence-electron chi connectivity index (χ2n) is 5.83. The molecule has 0 saturated carbocycles. The molecule has 1 aromatic rings. The van der Waals surface area contributed by atoms with E-state index in [1.165, 1.54) is 18.9 Å². The van der Waals surface area contributed by atoms with Crippen LogP contribution in [0.25, 0.3) is 6.08 Å². The van der Waals surface area contributed by atoms with Crippen LogP contribution in [0.5, 0.6) is 11.5 Å². The van der Waals surface area contributed by atoms with Gasteiger partial charge in [-0.2, -0.15) is 0 Å². The monoisotopic (exact) mass is 393 g/mol. The molecule has 1 saturated heterocycles. The Kier molecular flexibility index (Phi) is 6.16. The van der Waals surface area contributed by atoms with E-state index in [-0.39, 0.29) is 18.7 Å². The lowest BCUT2D eigenvalue weighted by molar-refractivity contribution is -0.140. The largest absolute Gasteiger partial charge is 0.469 e. The van der Waals surface area contributed by atoms with Crippen LogP contribution < -0.4 is 9.47 Å². The number of ether oxygens (including phenoxy) is 3. The van der Waals surface area contributed by atoms with Crippen LogP contribution in [-0.4, -0.2) is 41.5 Å². The summed E-state index contributed by atoms with van der Waals surface area (Å²) in [6.45, 7) is 0.779. The Bertz CT molecular complexity index is 762. The highest BCUT2D eigenvalue weighted by atomic mass is 32.2. The number of carbonyl (C=O) groups excluding carboxylic acids is 2.